The van der Waals surface area contributed by atoms with Gasteiger partial charge >= 0.3 is 0 Å². The molecular weight excluding hydrogens is 330 g/mol. The van der Waals surface area contributed by atoms with Crippen molar-refractivity contribution < 1.29 is 17.6 Å². The fraction of sp³-hybridized carbons (Fsp3) is 0.615. The molecule has 0 radical (unpaired) electrons. The van der Waals surface area contributed by atoms with E-state index >= 15 is 0 Å². The second-order valence-corrected chi connectivity index (χ2v) is 6.86. The van der Waals surface area contributed by atoms with Crippen LogP contribution in [0.3, 0.4) is 0 Å². The maximum atomic E-state index is 11.9. The van der Waals surface area contributed by atoms with E-state index in [0.29, 0.717) is 12.5 Å². The van der Waals surface area contributed by atoms with Crippen LogP contribution >= 0.6 is 12.4 Å². The van der Waals surface area contributed by atoms with Gasteiger partial charge in [0.1, 0.15) is 10.7 Å². The standard InChI is InChI=1S/C13H21N3O4S.ClH/c1-9-12(21(14,18)19)7-11(20-9)13(17)16-6-4-10-3-2-5-15-8-10;/h7,10,15H,2-6,8H2,1H3,(H,16,17)(H2,14,18,19);1H. The number of hydrogen-bond acceptors (Lipinski definition) is 5. The maximum Gasteiger partial charge on any atom is 0.287 e. The Labute approximate surface area is 136 Å². The molecule has 1 unspecified atom stereocenters. The first-order chi connectivity index (χ1) is 9.88. The summed E-state index contributed by atoms with van der Waals surface area (Å²) >= 11 is 0. The van der Waals surface area contributed by atoms with Crippen LogP contribution in [0.2, 0.25) is 0 Å². The van der Waals surface area contributed by atoms with Crippen LogP contribution in [0.15, 0.2) is 15.4 Å². The van der Waals surface area contributed by atoms with Crippen molar-refractivity contribution in [1.82, 2.24) is 10.6 Å². The van der Waals surface area contributed by atoms with Crippen molar-refractivity contribution in [3.05, 3.63) is 17.6 Å². The number of halogens is 1. The number of sulfonamides is 1. The molecule has 1 atom stereocenters. The van der Waals surface area contributed by atoms with Gasteiger partial charge in [-0.3, -0.25) is 4.79 Å². The van der Waals surface area contributed by atoms with E-state index < -0.39 is 15.9 Å². The minimum atomic E-state index is -3.87. The molecule has 1 aromatic heterocycles. The van der Waals surface area contributed by atoms with E-state index in [9.17, 15) is 13.2 Å². The molecule has 1 aliphatic rings. The zero-order valence-electron chi connectivity index (χ0n) is 12.4. The number of rotatable bonds is 5. The number of carbonyl (C=O) groups is 1. The Morgan fingerprint density at radius 1 is 1.55 bits per heavy atom. The summed E-state index contributed by atoms with van der Waals surface area (Å²) in [5.41, 5.74) is 0. The van der Waals surface area contributed by atoms with E-state index in [-0.39, 0.29) is 28.8 Å². The Balaban J connectivity index is 0.00000242. The second kappa shape index (κ2) is 7.96. The molecule has 1 amide bonds. The smallest absolute Gasteiger partial charge is 0.287 e. The molecule has 0 aliphatic carbocycles. The van der Waals surface area contributed by atoms with E-state index in [1.165, 1.54) is 13.0 Å². The van der Waals surface area contributed by atoms with Crippen molar-refractivity contribution in [2.24, 2.45) is 11.1 Å². The summed E-state index contributed by atoms with van der Waals surface area (Å²) in [6.07, 6.45) is 3.21. The molecule has 0 spiro atoms. The summed E-state index contributed by atoms with van der Waals surface area (Å²) in [5, 5.41) is 11.1. The highest BCUT2D eigenvalue weighted by atomic mass is 35.5. The number of primary sulfonamides is 1. The van der Waals surface area contributed by atoms with Gasteiger partial charge in [0.25, 0.3) is 5.91 Å². The van der Waals surface area contributed by atoms with E-state index in [4.69, 9.17) is 9.56 Å². The van der Waals surface area contributed by atoms with Crippen LogP contribution in [-0.2, 0) is 10.0 Å². The summed E-state index contributed by atoms with van der Waals surface area (Å²) < 4.78 is 27.7. The average Bonchev–Trinajstić information content (AvgIpc) is 2.82. The van der Waals surface area contributed by atoms with Gasteiger partial charge in [0.2, 0.25) is 10.0 Å². The van der Waals surface area contributed by atoms with Gasteiger partial charge in [-0.25, -0.2) is 13.6 Å². The van der Waals surface area contributed by atoms with Crippen LogP contribution in [0.25, 0.3) is 0 Å². The van der Waals surface area contributed by atoms with Crippen molar-refractivity contribution in [2.75, 3.05) is 19.6 Å². The molecule has 7 nitrogen and oxygen atoms in total. The van der Waals surface area contributed by atoms with Crippen molar-refractivity contribution in [3.8, 4) is 0 Å². The van der Waals surface area contributed by atoms with Gasteiger partial charge in [-0.1, -0.05) is 0 Å². The SMILES string of the molecule is Cc1oc(C(=O)NCCC2CCCNC2)cc1S(N)(=O)=O.Cl. The Bertz CT molecular complexity index is 609. The first-order valence-electron chi connectivity index (χ1n) is 7.00. The number of hydrogen-bond donors (Lipinski definition) is 3. The third-order valence-electron chi connectivity index (χ3n) is 3.64. The number of furan rings is 1. The third kappa shape index (κ3) is 4.98. The number of nitrogens with two attached hydrogens (primary N) is 1. The van der Waals surface area contributed by atoms with Gasteiger partial charge in [0.05, 0.1) is 0 Å². The van der Waals surface area contributed by atoms with E-state index in [0.717, 1.165) is 32.4 Å². The van der Waals surface area contributed by atoms with E-state index in [1.807, 2.05) is 0 Å². The van der Waals surface area contributed by atoms with Crippen LogP contribution in [0.5, 0.6) is 0 Å². The van der Waals surface area contributed by atoms with E-state index in [2.05, 4.69) is 10.6 Å². The first kappa shape index (κ1) is 19.0. The lowest BCUT2D eigenvalue weighted by Crippen LogP contribution is -2.33. The van der Waals surface area contributed by atoms with Gasteiger partial charge in [-0.15, -0.1) is 12.4 Å². The molecule has 2 heterocycles. The highest BCUT2D eigenvalue weighted by Crippen LogP contribution is 2.18. The zero-order valence-corrected chi connectivity index (χ0v) is 14.1. The number of aryl methyl sites for hydroxylation is 1. The highest BCUT2D eigenvalue weighted by Gasteiger charge is 2.21. The fourth-order valence-corrected chi connectivity index (χ4v) is 3.22. The number of amides is 1. The summed E-state index contributed by atoms with van der Waals surface area (Å²) in [6, 6.07) is 1.17. The molecule has 0 aromatic carbocycles. The zero-order chi connectivity index (χ0) is 15.5. The molecule has 1 saturated heterocycles. The average molecular weight is 352 g/mol. The Kier molecular flexibility index (Phi) is 6.86. The molecule has 22 heavy (non-hydrogen) atoms. The molecule has 1 aromatic rings. The summed E-state index contributed by atoms with van der Waals surface area (Å²) in [6.45, 7) is 4.04. The molecule has 126 valence electrons. The predicted octanol–water partition coefficient (Wildman–Crippen LogP) is 0.777. The van der Waals surface area contributed by atoms with Gasteiger partial charge in [-0.2, -0.15) is 0 Å². The van der Waals surface area contributed by atoms with Crippen molar-refractivity contribution >= 4 is 28.3 Å². The van der Waals surface area contributed by atoms with Crippen LogP contribution in [0, 0.1) is 12.8 Å². The molecule has 1 aliphatic heterocycles. The van der Waals surface area contributed by atoms with Crippen molar-refractivity contribution in [2.45, 2.75) is 31.1 Å². The lowest BCUT2D eigenvalue weighted by molar-refractivity contribution is 0.0921. The van der Waals surface area contributed by atoms with Crippen LogP contribution in [0.1, 0.15) is 35.6 Å². The summed E-state index contributed by atoms with van der Waals surface area (Å²) in [7, 11) is -3.87. The van der Waals surface area contributed by atoms with Crippen LogP contribution in [-0.4, -0.2) is 34.0 Å². The molecule has 4 N–H and O–H groups in total. The topological polar surface area (TPSA) is 114 Å². The lowest BCUT2D eigenvalue weighted by Gasteiger charge is -2.22. The van der Waals surface area contributed by atoms with Gasteiger partial charge in [0.15, 0.2) is 5.76 Å². The number of piperidine rings is 1. The maximum absolute atomic E-state index is 11.9. The number of nitrogens with one attached hydrogen (secondary N) is 2. The van der Waals surface area contributed by atoms with Crippen LogP contribution < -0.4 is 15.8 Å². The quantitative estimate of drug-likeness (QED) is 0.725. The fourth-order valence-electron chi connectivity index (χ4n) is 2.51. The highest BCUT2D eigenvalue weighted by molar-refractivity contribution is 7.89. The van der Waals surface area contributed by atoms with Crippen molar-refractivity contribution in [3.63, 3.8) is 0 Å². The minimum Gasteiger partial charge on any atom is -0.455 e. The Morgan fingerprint density at radius 2 is 2.27 bits per heavy atom. The van der Waals surface area contributed by atoms with E-state index in [1.54, 1.807) is 0 Å². The minimum absolute atomic E-state index is 0. The normalized spacial score (nSPS) is 18.5. The third-order valence-corrected chi connectivity index (χ3v) is 4.66. The molecule has 9 heteroatoms. The lowest BCUT2D eigenvalue weighted by atomic mass is 9.96. The molecule has 0 saturated carbocycles. The monoisotopic (exact) mass is 351 g/mol. The first-order valence-corrected chi connectivity index (χ1v) is 8.54. The Hall–Kier alpha value is -1.09. The second-order valence-electron chi connectivity index (χ2n) is 5.33. The summed E-state index contributed by atoms with van der Waals surface area (Å²) in [4.78, 5) is 11.8. The summed E-state index contributed by atoms with van der Waals surface area (Å²) in [5.74, 6) is 0.242. The molecule has 0 bridgehead atoms. The number of carbonyl (C=O) groups excluding carboxylic acids is 1. The van der Waals surface area contributed by atoms with Gasteiger partial charge in [0, 0.05) is 12.6 Å². The largest absolute Gasteiger partial charge is 0.455 e. The van der Waals surface area contributed by atoms with Gasteiger partial charge < -0.3 is 15.1 Å². The Morgan fingerprint density at radius 3 is 2.82 bits per heavy atom. The molecule has 1 fully saturated rings. The van der Waals surface area contributed by atoms with Crippen LogP contribution in [0.4, 0.5) is 0 Å². The molecule has 2 rings (SSSR count). The predicted molar refractivity (Wildman–Crippen MR) is 84.6 cm³/mol. The van der Waals surface area contributed by atoms with Crippen molar-refractivity contribution in [1.29, 1.82) is 0 Å². The molecular formula is C13H22ClN3O4S. The van der Waals surface area contributed by atoms with Gasteiger partial charge in [-0.05, 0) is 45.2 Å².